The lowest BCUT2D eigenvalue weighted by molar-refractivity contribution is -0.385. The number of nitro groups is 1. The molecule has 0 aromatic heterocycles. The van der Waals surface area contributed by atoms with Crippen molar-refractivity contribution in [3.63, 3.8) is 0 Å². The number of carbonyl (C=O) groups is 3. The van der Waals surface area contributed by atoms with E-state index in [-0.39, 0.29) is 17.0 Å². The molecule has 0 aliphatic rings. The molecule has 2 aromatic rings. The smallest absolute Gasteiger partial charge is 0.338 e. The quantitative estimate of drug-likeness (QED) is 0.368. The Morgan fingerprint density at radius 1 is 1.12 bits per heavy atom. The van der Waals surface area contributed by atoms with Crippen LogP contribution in [0.4, 0.5) is 11.4 Å². The lowest BCUT2D eigenvalue weighted by atomic mass is 10.1. The number of nitrogens with zero attached hydrogens (tertiary/aromatic N) is 1. The molecule has 0 saturated carbocycles. The van der Waals surface area contributed by atoms with Gasteiger partial charge in [0.25, 0.3) is 11.6 Å². The summed E-state index contributed by atoms with van der Waals surface area (Å²) >= 11 is 0. The first-order chi connectivity index (χ1) is 12.3. The average Bonchev–Trinajstić information content (AvgIpc) is 2.59. The maximum Gasteiger partial charge on any atom is 0.338 e. The van der Waals surface area contributed by atoms with Crippen molar-refractivity contribution >= 4 is 29.0 Å². The summed E-state index contributed by atoms with van der Waals surface area (Å²) in [6.45, 7) is 2.39. The van der Waals surface area contributed by atoms with Crippen LogP contribution in [-0.2, 0) is 9.53 Å². The second-order valence-electron chi connectivity index (χ2n) is 5.52. The van der Waals surface area contributed by atoms with Crippen molar-refractivity contribution < 1.29 is 24.0 Å². The molecule has 0 atom stereocenters. The number of carbonyl (C=O) groups excluding carboxylic acids is 3. The van der Waals surface area contributed by atoms with Gasteiger partial charge in [0.2, 0.25) is 0 Å². The van der Waals surface area contributed by atoms with Crippen molar-refractivity contribution in [3.05, 3.63) is 69.3 Å². The van der Waals surface area contributed by atoms with E-state index in [1.807, 2.05) is 0 Å². The van der Waals surface area contributed by atoms with Gasteiger partial charge in [-0.2, -0.15) is 0 Å². The van der Waals surface area contributed by atoms with E-state index in [9.17, 15) is 24.5 Å². The number of amides is 1. The molecule has 0 saturated heterocycles. The number of ketones is 1. The van der Waals surface area contributed by atoms with Crippen LogP contribution in [0.1, 0.15) is 33.2 Å². The van der Waals surface area contributed by atoms with Gasteiger partial charge in [-0.1, -0.05) is 12.1 Å². The van der Waals surface area contributed by atoms with E-state index < -0.39 is 23.4 Å². The van der Waals surface area contributed by atoms with E-state index in [2.05, 4.69) is 5.32 Å². The van der Waals surface area contributed by atoms with E-state index >= 15 is 0 Å². The Balaban J connectivity index is 1.96. The van der Waals surface area contributed by atoms with Gasteiger partial charge in [-0.05, 0) is 38.1 Å². The molecule has 2 rings (SSSR count). The fourth-order valence-electron chi connectivity index (χ4n) is 2.21. The minimum absolute atomic E-state index is 0.107. The predicted molar refractivity (Wildman–Crippen MR) is 93.2 cm³/mol. The van der Waals surface area contributed by atoms with Gasteiger partial charge in [0.05, 0.1) is 10.5 Å². The number of anilines is 1. The summed E-state index contributed by atoms with van der Waals surface area (Å²) in [4.78, 5) is 45.4. The molecule has 0 aliphatic heterocycles. The van der Waals surface area contributed by atoms with Crippen molar-refractivity contribution in [2.45, 2.75) is 13.8 Å². The standard InChI is InChI=1S/C18H16N2O6/c1-11-8-14(6-7-16(11)20(24)25)18(23)26-10-17(22)19-15-5-3-4-13(9-15)12(2)21/h3-9H,10H2,1-2H3,(H,19,22). The van der Waals surface area contributed by atoms with Crippen molar-refractivity contribution in [1.82, 2.24) is 0 Å². The minimum Gasteiger partial charge on any atom is -0.452 e. The molecule has 1 amide bonds. The van der Waals surface area contributed by atoms with Gasteiger partial charge in [-0.15, -0.1) is 0 Å². The van der Waals surface area contributed by atoms with E-state index in [0.29, 0.717) is 16.8 Å². The third-order valence-corrected chi connectivity index (χ3v) is 3.52. The number of rotatable bonds is 6. The number of hydrogen-bond acceptors (Lipinski definition) is 6. The topological polar surface area (TPSA) is 116 Å². The van der Waals surface area contributed by atoms with E-state index in [0.717, 1.165) is 0 Å². The zero-order valence-corrected chi connectivity index (χ0v) is 14.1. The molecule has 134 valence electrons. The molecule has 0 spiro atoms. The Morgan fingerprint density at radius 3 is 2.46 bits per heavy atom. The Kier molecular flexibility index (Phi) is 5.79. The zero-order valence-electron chi connectivity index (χ0n) is 14.1. The molecule has 26 heavy (non-hydrogen) atoms. The normalized spacial score (nSPS) is 10.1. The number of nitrogens with one attached hydrogen (secondary N) is 1. The minimum atomic E-state index is -0.768. The Labute approximate surface area is 148 Å². The molecule has 0 fully saturated rings. The van der Waals surface area contributed by atoms with E-state index in [4.69, 9.17) is 4.74 Å². The number of aryl methyl sites for hydroxylation is 1. The van der Waals surface area contributed by atoms with Gasteiger partial charge in [0.15, 0.2) is 12.4 Å². The van der Waals surface area contributed by atoms with Crippen molar-refractivity contribution in [3.8, 4) is 0 Å². The second-order valence-corrected chi connectivity index (χ2v) is 5.52. The second kappa shape index (κ2) is 8.02. The number of nitro benzene ring substituents is 1. The summed E-state index contributed by atoms with van der Waals surface area (Å²) in [5, 5.41) is 13.3. The largest absolute Gasteiger partial charge is 0.452 e. The monoisotopic (exact) mass is 356 g/mol. The molecule has 1 N–H and O–H groups in total. The Bertz CT molecular complexity index is 891. The van der Waals surface area contributed by atoms with Crippen LogP contribution in [0, 0.1) is 17.0 Å². The summed E-state index contributed by atoms with van der Waals surface area (Å²) in [5.41, 5.74) is 1.17. The number of Topliss-reactive ketones (excluding diaryl/α,β-unsaturated/α-hetero) is 1. The molecule has 2 aromatic carbocycles. The average molecular weight is 356 g/mol. The SMILES string of the molecule is CC(=O)c1cccc(NC(=O)COC(=O)c2ccc([N+](=O)[O-])c(C)c2)c1. The molecule has 8 heteroatoms. The van der Waals surface area contributed by atoms with Crippen LogP contribution in [0.2, 0.25) is 0 Å². The van der Waals surface area contributed by atoms with E-state index in [1.54, 1.807) is 18.2 Å². The maximum atomic E-state index is 12.0. The number of hydrogen-bond donors (Lipinski definition) is 1. The van der Waals surface area contributed by atoms with Crippen LogP contribution in [0.5, 0.6) is 0 Å². The van der Waals surface area contributed by atoms with Crippen LogP contribution >= 0.6 is 0 Å². The van der Waals surface area contributed by atoms with Gasteiger partial charge in [-0.3, -0.25) is 19.7 Å². The van der Waals surface area contributed by atoms with Crippen LogP contribution < -0.4 is 5.32 Å². The summed E-state index contributed by atoms with van der Waals surface area (Å²) in [5.74, 6) is -1.48. The third-order valence-electron chi connectivity index (χ3n) is 3.52. The van der Waals surface area contributed by atoms with Crippen molar-refractivity contribution in [2.24, 2.45) is 0 Å². The highest BCUT2D eigenvalue weighted by Crippen LogP contribution is 2.19. The Morgan fingerprint density at radius 2 is 1.85 bits per heavy atom. The van der Waals surface area contributed by atoms with E-state index in [1.165, 1.54) is 38.1 Å². The maximum absolute atomic E-state index is 12.0. The zero-order chi connectivity index (χ0) is 19.3. The molecule has 0 bridgehead atoms. The lowest BCUT2D eigenvalue weighted by Crippen LogP contribution is -2.21. The highest BCUT2D eigenvalue weighted by molar-refractivity contribution is 5.98. The molecule has 0 heterocycles. The van der Waals surface area contributed by atoms with Crippen LogP contribution in [0.15, 0.2) is 42.5 Å². The molecular formula is C18H16N2O6. The molecule has 0 unspecified atom stereocenters. The summed E-state index contributed by atoms with van der Waals surface area (Å²) in [7, 11) is 0. The number of esters is 1. The van der Waals surface area contributed by atoms with Crippen LogP contribution in [-0.4, -0.2) is 29.2 Å². The highest BCUT2D eigenvalue weighted by Gasteiger charge is 2.16. The lowest BCUT2D eigenvalue weighted by Gasteiger charge is -2.08. The van der Waals surface area contributed by atoms with Gasteiger partial charge >= 0.3 is 5.97 Å². The highest BCUT2D eigenvalue weighted by atomic mass is 16.6. The molecule has 0 radical (unpaired) electrons. The number of ether oxygens (including phenoxy) is 1. The van der Waals surface area contributed by atoms with Crippen molar-refractivity contribution in [1.29, 1.82) is 0 Å². The van der Waals surface area contributed by atoms with Gasteiger partial charge in [-0.25, -0.2) is 4.79 Å². The Hall–Kier alpha value is -3.55. The summed E-state index contributed by atoms with van der Waals surface area (Å²) in [6.07, 6.45) is 0. The molecule has 8 nitrogen and oxygen atoms in total. The van der Waals surface area contributed by atoms with Crippen molar-refractivity contribution in [2.75, 3.05) is 11.9 Å². The van der Waals surface area contributed by atoms with Crippen LogP contribution in [0.3, 0.4) is 0 Å². The molecular weight excluding hydrogens is 340 g/mol. The van der Waals surface area contributed by atoms with Gasteiger partial charge in [0.1, 0.15) is 0 Å². The van der Waals surface area contributed by atoms with Gasteiger partial charge < -0.3 is 10.1 Å². The summed E-state index contributed by atoms with van der Waals surface area (Å²) in [6, 6.07) is 10.2. The number of benzene rings is 2. The van der Waals surface area contributed by atoms with Gasteiger partial charge in [0, 0.05) is 22.9 Å². The fourth-order valence-corrected chi connectivity index (χ4v) is 2.21. The fraction of sp³-hybridized carbons (Fsp3) is 0.167. The molecule has 0 aliphatic carbocycles. The first kappa shape index (κ1) is 18.8. The summed E-state index contributed by atoms with van der Waals surface area (Å²) < 4.78 is 4.91. The third kappa shape index (κ3) is 4.73. The predicted octanol–water partition coefficient (Wildman–Crippen LogP) is 2.90. The first-order valence-electron chi connectivity index (χ1n) is 7.61. The van der Waals surface area contributed by atoms with Crippen LogP contribution in [0.25, 0.3) is 0 Å². The first-order valence-corrected chi connectivity index (χ1v) is 7.61.